The Morgan fingerprint density at radius 1 is 0.569 bits per heavy atom. The molecule has 0 saturated carbocycles. The number of halogens is 1. The van der Waals surface area contributed by atoms with Gasteiger partial charge in [-0.05, 0) is 41.1 Å². The molecule has 3 aromatic heterocycles. The highest BCUT2D eigenvalue weighted by molar-refractivity contribution is 9.09. The minimum absolute atomic E-state index is 0.00666. The van der Waals surface area contributed by atoms with Crippen molar-refractivity contribution in [2.24, 2.45) is 5.41 Å². The van der Waals surface area contributed by atoms with Crippen molar-refractivity contribution in [3.8, 4) is 0 Å². The fourth-order valence-corrected chi connectivity index (χ4v) is 7.55. The van der Waals surface area contributed by atoms with Crippen molar-refractivity contribution in [3.05, 3.63) is 109 Å². The summed E-state index contributed by atoms with van der Waals surface area (Å²) in [5, 5.41) is 3.83. The van der Waals surface area contributed by atoms with Gasteiger partial charge in [0, 0.05) is 76.5 Å². The number of benzene rings is 3. The molecule has 1 aliphatic heterocycles. The Labute approximate surface area is 304 Å². The molecular weight excluding hydrogens is 714 g/mol. The second-order valence-electron chi connectivity index (χ2n) is 13.0. The van der Waals surface area contributed by atoms with Crippen LogP contribution in [0.1, 0.15) is 11.5 Å². The van der Waals surface area contributed by atoms with Crippen molar-refractivity contribution in [1.29, 1.82) is 0 Å². The van der Waals surface area contributed by atoms with Crippen molar-refractivity contribution < 1.29 is 33.3 Å². The lowest BCUT2D eigenvalue weighted by molar-refractivity contribution is -0.159. The van der Waals surface area contributed by atoms with Gasteiger partial charge in [0.15, 0.2) is 5.92 Å². The van der Waals surface area contributed by atoms with Crippen molar-refractivity contribution in [3.63, 3.8) is 0 Å². The van der Waals surface area contributed by atoms with Crippen LogP contribution in [0.2, 0.25) is 0 Å². The zero-order chi connectivity index (χ0) is 35.0. The number of fused-ring (bicyclic) bond motifs is 3. The lowest BCUT2D eigenvalue weighted by atomic mass is 9.89. The quantitative estimate of drug-likeness (QED) is 0.0987. The third-order valence-corrected chi connectivity index (χ3v) is 10.6. The average Bonchev–Trinajstić information content (AvgIpc) is 3.86. The first kappa shape index (κ1) is 35.0. The Morgan fingerprint density at radius 2 is 1.02 bits per heavy atom. The lowest BCUT2D eigenvalue weighted by Crippen LogP contribution is -2.37. The number of rotatable bonds is 8. The van der Waals surface area contributed by atoms with Crippen molar-refractivity contribution in [2.75, 3.05) is 58.2 Å². The van der Waals surface area contributed by atoms with Gasteiger partial charge < -0.3 is 37.4 Å². The minimum Gasteiger partial charge on any atom is -0.462 e. The molecule has 1 aliphatic rings. The van der Waals surface area contributed by atoms with E-state index in [-0.39, 0.29) is 31.8 Å². The van der Waals surface area contributed by atoms with Gasteiger partial charge in [-0.2, -0.15) is 0 Å². The molecule has 6 aromatic rings. The molecule has 3 aromatic carbocycles. The van der Waals surface area contributed by atoms with Crippen LogP contribution in [0.3, 0.4) is 0 Å². The molecule has 1 fully saturated rings. The van der Waals surface area contributed by atoms with E-state index in [2.05, 4.69) is 103 Å². The number of hydrogen-bond acceptors (Lipinski definition) is 7. The first-order chi connectivity index (χ1) is 25.0. The molecule has 4 heterocycles. The highest BCUT2D eigenvalue weighted by Crippen LogP contribution is 2.36. The second kappa shape index (κ2) is 16.3. The van der Waals surface area contributed by atoms with E-state index in [1.807, 2.05) is 30.5 Å². The molecule has 0 atom stereocenters. The number of hydrogen-bond donors (Lipinski definition) is 0. The van der Waals surface area contributed by atoms with Gasteiger partial charge in [-0.25, -0.2) is 0 Å². The molecule has 51 heavy (non-hydrogen) atoms. The van der Waals surface area contributed by atoms with Crippen LogP contribution in [0, 0.1) is 5.41 Å². The summed E-state index contributed by atoms with van der Waals surface area (Å²) in [6.45, 7) is 3.93. The third-order valence-electron chi connectivity index (χ3n) is 9.45. The first-order valence-corrected chi connectivity index (χ1v) is 18.5. The second-order valence-corrected chi connectivity index (χ2v) is 13.5. The largest absolute Gasteiger partial charge is 0.462 e. The topological polar surface area (TPSA) is 95.1 Å². The molecule has 0 radical (unpaired) electrons. The van der Waals surface area contributed by atoms with Crippen LogP contribution in [0.25, 0.3) is 32.7 Å². The molecule has 0 unspecified atom stereocenters. The lowest BCUT2D eigenvalue weighted by Gasteiger charge is -2.34. The number of ether oxygens (including phenoxy) is 5. The summed E-state index contributed by atoms with van der Waals surface area (Å²) in [4.78, 5) is 27.5. The zero-order valence-corrected chi connectivity index (χ0v) is 30.0. The van der Waals surface area contributed by atoms with E-state index in [4.69, 9.17) is 23.7 Å². The summed E-state index contributed by atoms with van der Waals surface area (Å²) >= 11 is 3.97. The van der Waals surface area contributed by atoms with Crippen molar-refractivity contribution in [2.45, 2.75) is 25.6 Å². The van der Waals surface area contributed by atoms with Crippen LogP contribution in [0.4, 0.5) is 0 Å². The van der Waals surface area contributed by atoms with Crippen LogP contribution >= 0.6 is 15.9 Å². The number of carbonyl (C=O) groups is 2. The summed E-state index contributed by atoms with van der Waals surface area (Å²) in [7, 11) is 0. The van der Waals surface area contributed by atoms with Gasteiger partial charge in [-0.15, -0.1) is 0 Å². The molecule has 11 heteroatoms. The maximum Gasteiger partial charge on any atom is 0.325 e. The molecule has 10 nitrogen and oxygen atoms in total. The maximum atomic E-state index is 13.7. The monoisotopic (exact) mass is 755 g/mol. The highest BCUT2D eigenvalue weighted by Gasteiger charge is 2.37. The van der Waals surface area contributed by atoms with E-state index in [9.17, 15) is 9.59 Å². The van der Waals surface area contributed by atoms with Crippen molar-refractivity contribution in [1.82, 2.24) is 13.7 Å². The van der Waals surface area contributed by atoms with E-state index in [0.717, 1.165) is 21.9 Å². The summed E-state index contributed by atoms with van der Waals surface area (Å²) in [6, 6.07) is 29.0. The zero-order valence-electron chi connectivity index (χ0n) is 28.5. The van der Waals surface area contributed by atoms with Gasteiger partial charge in [-0.1, -0.05) is 70.5 Å². The highest BCUT2D eigenvalue weighted by atomic mass is 79.9. The molecule has 7 rings (SSSR count). The fraction of sp³-hybridized carbons (Fsp3) is 0.350. The molecule has 0 N–H and O–H groups in total. The SMILES string of the molecule is O=C1OCCOCCOCCOCCOC(=O)C1c1cn(CC(CBr)(Cn2ccc3ccccc32)Cn2ccc3ccccc32)c2ccccc12. The fourth-order valence-electron chi connectivity index (χ4n) is 7.01. The Hall–Kier alpha value is -4.42. The molecule has 0 aliphatic carbocycles. The molecule has 1 saturated heterocycles. The number of alkyl halides is 1. The summed E-state index contributed by atoms with van der Waals surface area (Å²) in [5.74, 6) is -2.65. The van der Waals surface area contributed by atoms with Gasteiger partial charge >= 0.3 is 11.9 Å². The number of esters is 2. The van der Waals surface area contributed by atoms with Crippen LogP contribution in [-0.4, -0.2) is 83.8 Å². The molecule has 0 amide bonds. The molecule has 0 bridgehead atoms. The Kier molecular flexibility index (Phi) is 11.2. The smallest absolute Gasteiger partial charge is 0.325 e. The van der Waals surface area contributed by atoms with Gasteiger partial charge in [0.05, 0.1) is 39.6 Å². The summed E-state index contributed by atoms with van der Waals surface area (Å²) < 4.78 is 34.6. The van der Waals surface area contributed by atoms with Gasteiger partial charge in [0.25, 0.3) is 0 Å². The normalized spacial score (nSPS) is 16.5. The third kappa shape index (κ3) is 7.92. The average molecular weight is 757 g/mol. The van der Waals surface area contributed by atoms with E-state index in [1.54, 1.807) is 0 Å². The number of para-hydroxylation sites is 3. The van der Waals surface area contributed by atoms with Gasteiger partial charge in [0.1, 0.15) is 13.2 Å². The predicted octanol–water partition coefficient (Wildman–Crippen LogP) is 6.57. The van der Waals surface area contributed by atoms with E-state index >= 15 is 0 Å². The molecule has 266 valence electrons. The van der Waals surface area contributed by atoms with Crippen LogP contribution in [0.5, 0.6) is 0 Å². The van der Waals surface area contributed by atoms with E-state index in [0.29, 0.717) is 57.0 Å². The number of nitrogens with zero attached hydrogens (tertiary/aromatic N) is 3. The van der Waals surface area contributed by atoms with E-state index < -0.39 is 17.9 Å². The number of cyclic esters (lactones) is 2. The number of carbonyl (C=O) groups excluding carboxylic acids is 2. The minimum atomic E-state index is -1.28. The first-order valence-electron chi connectivity index (χ1n) is 17.3. The van der Waals surface area contributed by atoms with E-state index in [1.165, 1.54) is 10.8 Å². The van der Waals surface area contributed by atoms with Gasteiger partial charge in [0.2, 0.25) is 0 Å². The standard InChI is InChI=1S/C40H42BrN3O7/c41-26-40(27-42-15-13-30-7-1-4-10-34(30)42,28-43-16-14-31-8-2-5-11-35(31)43)29-44-25-33(32-9-3-6-12-36(32)44)37-38(45)50-23-21-48-19-17-47-18-20-49-22-24-51-39(37)46/h1-16,25,37H,17-24,26-29H2. The van der Waals surface area contributed by atoms with Crippen LogP contribution in [-0.2, 0) is 52.9 Å². The van der Waals surface area contributed by atoms with Gasteiger partial charge in [-0.3, -0.25) is 9.59 Å². The number of aromatic nitrogens is 3. The summed E-state index contributed by atoms with van der Waals surface area (Å²) in [6.07, 6.45) is 6.24. The maximum absolute atomic E-state index is 13.7. The molecule has 0 spiro atoms. The molecular formula is C40H42BrN3O7. The Morgan fingerprint density at radius 3 is 1.55 bits per heavy atom. The predicted molar refractivity (Wildman–Crippen MR) is 199 cm³/mol. The Balaban J connectivity index is 1.27. The van der Waals surface area contributed by atoms with Crippen LogP contribution < -0.4 is 0 Å². The van der Waals surface area contributed by atoms with Crippen LogP contribution in [0.15, 0.2) is 104 Å². The summed E-state index contributed by atoms with van der Waals surface area (Å²) in [5.41, 5.74) is 3.42. The van der Waals surface area contributed by atoms with Crippen molar-refractivity contribution >= 4 is 60.6 Å². The Bertz CT molecular complexity index is 2000.